The first kappa shape index (κ1) is 30.8. The Kier molecular flexibility index (Phi) is 8.45. The van der Waals surface area contributed by atoms with Crippen LogP contribution < -0.4 is 4.90 Å². The molecule has 0 N–H and O–H groups in total. The number of piperazine rings is 1. The van der Waals surface area contributed by atoms with Crippen LogP contribution in [0, 0.1) is 5.82 Å². The molecule has 3 aliphatic heterocycles. The van der Waals surface area contributed by atoms with Gasteiger partial charge in [0.25, 0.3) is 0 Å². The van der Waals surface area contributed by atoms with E-state index in [-0.39, 0.29) is 34.0 Å². The van der Waals surface area contributed by atoms with Crippen LogP contribution >= 0.6 is 0 Å². The Bertz CT molecular complexity index is 1560. The molecule has 0 bridgehead atoms. The summed E-state index contributed by atoms with van der Waals surface area (Å²) < 4.78 is 22.8. The van der Waals surface area contributed by atoms with Crippen molar-refractivity contribution in [1.29, 1.82) is 0 Å². The van der Waals surface area contributed by atoms with Crippen LogP contribution in [0.25, 0.3) is 11.1 Å². The van der Waals surface area contributed by atoms with Crippen LogP contribution in [0.2, 0.25) is 0 Å². The Balaban J connectivity index is 0.00000368. The summed E-state index contributed by atoms with van der Waals surface area (Å²) in [6, 6.07) is 10.1. The maximum atomic E-state index is 15.5. The van der Waals surface area contributed by atoms with Gasteiger partial charge in [-0.25, -0.2) is 4.79 Å². The fourth-order valence-electron chi connectivity index (χ4n) is 6.19. The van der Waals surface area contributed by atoms with E-state index in [9.17, 15) is 14.4 Å². The first-order valence-electron chi connectivity index (χ1n) is 14.5. The molecule has 2 aromatic carbocycles. The number of amides is 2. The largest absolute Gasteiger partial charge is 2.00 e. The number of hydrogen-bond donors (Lipinski definition) is 0. The SMILES string of the molecule is [Li][C](=O)C(c1ncn2c1CCC2)N1Cc2c(F)cc(-c3ccc(N4CCN(C(=O)OC(C)(C)C)CC4)cc3)cc2C1=O.[O-2]. The normalized spacial score (nSPS) is 17.0. The molecule has 1 fully saturated rings. The zero-order valence-electron chi connectivity index (χ0n) is 24.9. The average molecular weight is 582 g/mol. The third-order valence-corrected chi connectivity index (χ3v) is 8.26. The van der Waals surface area contributed by atoms with Crippen LogP contribution in [-0.4, -0.2) is 85.3 Å². The van der Waals surface area contributed by atoms with Gasteiger partial charge in [0.1, 0.15) is 5.60 Å². The number of anilines is 1. The third kappa shape index (κ3) is 5.94. The molecule has 4 heterocycles. The summed E-state index contributed by atoms with van der Waals surface area (Å²) in [4.78, 5) is 48.7. The van der Waals surface area contributed by atoms with E-state index in [1.807, 2.05) is 49.6 Å². The van der Waals surface area contributed by atoms with Crippen molar-refractivity contribution in [2.24, 2.45) is 0 Å². The Morgan fingerprint density at radius 1 is 1.02 bits per heavy atom. The van der Waals surface area contributed by atoms with E-state index in [4.69, 9.17) is 4.74 Å². The molecule has 1 aromatic heterocycles. The molecule has 0 spiro atoms. The molecule has 3 aromatic rings. The summed E-state index contributed by atoms with van der Waals surface area (Å²) in [5.41, 5.74) is 4.04. The monoisotopic (exact) mass is 581 g/mol. The average Bonchev–Trinajstić information content (AvgIpc) is 3.65. The van der Waals surface area contributed by atoms with E-state index >= 15 is 4.39 Å². The topological polar surface area (TPSA) is 116 Å². The van der Waals surface area contributed by atoms with Gasteiger partial charge >= 0.3 is 187 Å². The molecule has 12 heteroatoms. The molecule has 43 heavy (non-hydrogen) atoms. The first-order valence-corrected chi connectivity index (χ1v) is 14.5. The number of ether oxygens (including phenoxy) is 1. The number of aryl methyl sites for hydroxylation is 1. The van der Waals surface area contributed by atoms with Gasteiger partial charge in [-0.05, 0) is 20.8 Å². The van der Waals surface area contributed by atoms with E-state index in [0.717, 1.165) is 36.3 Å². The van der Waals surface area contributed by atoms with Crippen molar-refractivity contribution in [2.45, 2.75) is 58.3 Å². The molecule has 10 nitrogen and oxygen atoms in total. The molecule has 0 aliphatic carbocycles. The number of carbonyl (C=O) groups excluding carboxylic acids is 3. The van der Waals surface area contributed by atoms with E-state index < -0.39 is 17.5 Å². The number of benzene rings is 2. The van der Waals surface area contributed by atoms with E-state index in [0.29, 0.717) is 43.0 Å². The zero-order chi connectivity index (χ0) is 29.8. The minimum Gasteiger partial charge on any atom is -2.00 e. The Hall–Kier alpha value is -3.65. The van der Waals surface area contributed by atoms with Crippen molar-refractivity contribution in [2.75, 3.05) is 31.1 Å². The standard InChI is InChI=1S/C31H33FN5O4.Li.O/c1-31(2,3)41-30(40)35-13-11-34(12-14-35)22-8-6-20(7-9-22)21-15-23-24(25(32)16-21)17-37(29(23)39)27(18-38)28-26-5-4-10-36(26)19-33-28;;/h6-9,15-16,19,27H,4-5,10-14,17H2,1-3H3;;/q;;-2. The maximum Gasteiger partial charge on any atom is -2.00 e. The van der Waals surface area contributed by atoms with Gasteiger partial charge in [-0.1, -0.05) is 0 Å². The van der Waals surface area contributed by atoms with Crippen molar-refractivity contribution in [1.82, 2.24) is 19.4 Å². The van der Waals surface area contributed by atoms with Crippen molar-refractivity contribution in [3.8, 4) is 11.1 Å². The van der Waals surface area contributed by atoms with Gasteiger partial charge in [-0.15, -0.1) is 0 Å². The van der Waals surface area contributed by atoms with Gasteiger partial charge in [-0.3, -0.25) is 0 Å². The van der Waals surface area contributed by atoms with Crippen molar-refractivity contribution in [3.05, 3.63) is 71.1 Å². The second-order valence-electron chi connectivity index (χ2n) is 12.3. The maximum absolute atomic E-state index is 15.5. The predicted molar refractivity (Wildman–Crippen MR) is 156 cm³/mol. The molecule has 0 saturated carbocycles. The number of aromatic nitrogens is 2. The van der Waals surface area contributed by atoms with Gasteiger partial charge in [0.05, 0.1) is 0 Å². The summed E-state index contributed by atoms with van der Waals surface area (Å²) >= 11 is 1.46. The second-order valence-corrected chi connectivity index (χ2v) is 12.3. The summed E-state index contributed by atoms with van der Waals surface area (Å²) in [6.45, 7) is 8.93. The van der Waals surface area contributed by atoms with E-state index in [1.54, 1.807) is 17.3 Å². The number of halogens is 1. The number of rotatable bonds is 5. The minimum atomic E-state index is -0.836. The zero-order valence-corrected chi connectivity index (χ0v) is 24.9. The Labute approximate surface area is 259 Å². The van der Waals surface area contributed by atoms with Crippen molar-refractivity contribution < 1.29 is 29.0 Å². The van der Waals surface area contributed by atoms with Gasteiger partial charge in [0.2, 0.25) is 0 Å². The quantitative estimate of drug-likeness (QED) is 0.421. The number of carbonyl (C=O) groups is 3. The minimum absolute atomic E-state index is 0. The smallest absolute Gasteiger partial charge is 2.00 e. The molecule has 0 radical (unpaired) electrons. The predicted octanol–water partition coefficient (Wildman–Crippen LogP) is 3.97. The summed E-state index contributed by atoms with van der Waals surface area (Å²) in [7, 11) is 0. The van der Waals surface area contributed by atoms with Gasteiger partial charge in [0.15, 0.2) is 0 Å². The van der Waals surface area contributed by atoms with Crippen LogP contribution in [0.5, 0.6) is 0 Å². The second kappa shape index (κ2) is 11.8. The Morgan fingerprint density at radius 2 is 1.72 bits per heavy atom. The molecule has 1 unspecified atom stereocenters. The van der Waals surface area contributed by atoms with Crippen LogP contribution in [0.4, 0.5) is 14.9 Å². The van der Waals surface area contributed by atoms with Crippen LogP contribution in [0.3, 0.4) is 0 Å². The number of nitrogens with zero attached hydrogens (tertiary/aromatic N) is 5. The van der Waals surface area contributed by atoms with Crippen LogP contribution in [0.15, 0.2) is 42.7 Å². The van der Waals surface area contributed by atoms with E-state index in [2.05, 4.69) is 9.88 Å². The number of fused-ring (bicyclic) bond motifs is 2. The Morgan fingerprint density at radius 3 is 2.37 bits per heavy atom. The molecule has 1 saturated heterocycles. The number of hydrogen-bond acceptors (Lipinski definition) is 6. The summed E-state index contributed by atoms with van der Waals surface area (Å²) in [5.74, 6) is -0.816. The number of imidazole rings is 1. The van der Waals surface area contributed by atoms with Crippen LogP contribution in [0.1, 0.15) is 60.5 Å². The van der Waals surface area contributed by atoms with Crippen molar-refractivity contribution in [3.63, 3.8) is 0 Å². The van der Waals surface area contributed by atoms with Gasteiger partial charge in [-0.2, -0.15) is 0 Å². The molecular weight excluding hydrogens is 548 g/mol. The van der Waals surface area contributed by atoms with Crippen LogP contribution in [-0.2, 0) is 34.5 Å². The third-order valence-electron chi connectivity index (χ3n) is 8.26. The fraction of sp³-hybridized carbons (Fsp3) is 0.419. The first-order chi connectivity index (χ1) is 20.0. The fourth-order valence-corrected chi connectivity index (χ4v) is 6.19. The summed E-state index contributed by atoms with van der Waals surface area (Å²) in [6.07, 6.45) is 3.21. The van der Waals surface area contributed by atoms with Gasteiger partial charge < -0.3 is 15.1 Å². The summed E-state index contributed by atoms with van der Waals surface area (Å²) in [5, 5.41) is 0. The molecule has 2 amide bonds. The van der Waals surface area contributed by atoms with Gasteiger partial charge in [0, 0.05) is 26.2 Å². The van der Waals surface area contributed by atoms with E-state index in [1.165, 1.54) is 28.7 Å². The molecule has 3 aliphatic rings. The molecular formula is C31H33FLiN5O5-2. The molecule has 6 rings (SSSR count). The molecule has 1 atom stereocenters. The van der Waals surface area contributed by atoms with Crippen molar-refractivity contribution >= 4 is 39.9 Å². The molecule has 222 valence electrons.